The highest BCUT2D eigenvalue weighted by atomic mass is 35.5. The van der Waals surface area contributed by atoms with Crippen LogP contribution in [0, 0.1) is 26.1 Å². The predicted molar refractivity (Wildman–Crippen MR) is 108 cm³/mol. The average Bonchev–Trinajstić information content (AvgIpc) is 2.66. The number of carbonyl (C=O) groups excluding carboxylic acids is 1. The van der Waals surface area contributed by atoms with Crippen molar-refractivity contribution in [2.24, 2.45) is 5.92 Å². The molecule has 0 bridgehead atoms. The minimum absolute atomic E-state index is 0.171. The lowest BCUT2D eigenvalue weighted by Crippen LogP contribution is -2.44. The number of anilines is 2. The van der Waals surface area contributed by atoms with Crippen molar-refractivity contribution in [3.8, 4) is 0 Å². The Kier molecular flexibility index (Phi) is 6.90. The van der Waals surface area contributed by atoms with Crippen LogP contribution in [-0.4, -0.2) is 32.9 Å². The molecule has 158 valence electrons. The molecule has 0 aliphatic rings. The highest BCUT2D eigenvalue weighted by Gasteiger charge is 2.31. The SMILES string of the molecule is CC(C)C(NC(=O)c1cc([N+](=O)[O-])c(Nc2ccccc2Cl)c([N+](=O)[O-])c1)C(=O)O. The van der Waals surface area contributed by atoms with E-state index in [1.165, 1.54) is 12.1 Å². The van der Waals surface area contributed by atoms with E-state index in [0.717, 1.165) is 12.1 Å². The highest BCUT2D eigenvalue weighted by molar-refractivity contribution is 6.33. The van der Waals surface area contributed by atoms with Gasteiger partial charge in [0.1, 0.15) is 6.04 Å². The van der Waals surface area contributed by atoms with Crippen LogP contribution >= 0.6 is 11.6 Å². The second-order valence-corrected chi connectivity index (χ2v) is 6.95. The Labute approximate surface area is 175 Å². The van der Waals surface area contributed by atoms with Crippen molar-refractivity contribution in [2.45, 2.75) is 19.9 Å². The van der Waals surface area contributed by atoms with Gasteiger partial charge >= 0.3 is 17.3 Å². The first kappa shape index (κ1) is 22.6. The minimum atomic E-state index is -1.31. The molecule has 0 fully saturated rings. The smallest absolute Gasteiger partial charge is 0.326 e. The van der Waals surface area contributed by atoms with Gasteiger partial charge in [-0.25, -0.2) is 4.79 Å². The molecule has 3 N–H and O–H groups in total. The Morgan fingerprint density at radius 3 is 2.03 bits per heavy atom. The summed E-state index contributed by atoms with van der Waals surface area (Å²) in [6.07, 6.45) is 0. The van der Waals surface area contributed by atoms with E-state index >= 15 is 0 Å². The molecular weight excluding hydrogens is 420 g/mol. The lowest BCUT2D eigenvalue weighted by molar-refractivity contribution is -0.392. The molecule has 0 saturated carbocycles. The number of para-hydroxylation sites is 1. The van der Waals surface area contributed by atoms with Crippen LogP contribution < -0.4 is 10.6 Å². The summed E-state index contributed by atoms with van der Waals surface area (Å²) in [6.45, 7) is 3.11. The van der Waals surface area contributed by atoms with Crippen LogP contribution in [0.3, 0.4) is 0 Å². The van der Waals surface area contributed by atoms with E-state index < -0.39 is 56.3 Å². The zero-order chi connectivity index (χ0) is 22.6. The van der Waals surface area contributed by atoms with Gasteiger partial charge in [-0.3, -0.25) is 25.0 Å². The number of carbonyl (C=O) groups is 2. The van der Waals surface area contributed by atoms with Crippen molar-refractivity contribution in [3.63, 3.8) is 0 Å². The number of carboxylic acid groups (broad SMARTS) is 1. The van der Waals surface area contributed by atoms with Gasteiger partial charge < -0.3 is 15.7 Å². The molecule has 0 spiro atoms. The molecule has 0 aliphatic carbocycles. The summed E-state index contributed by atoms with van der Waals surface area (Å²) < 4.78 is 0. The molecule has 1 amide bonds. The van der Waals surface area contributed by atoms with Crippen molar-refractivity contribution in [1.29, 1.82) is 0 Å². The number of benzene rings is 2. The van der Waals surface area contributed by atoms with E-state index in [0.29, 0.717) is 0 Å². The first-order valence-electron chi connectivity index (χ1n) is 8.55. The average molecular weight is 437 g/mol. The van der Waals surface area contributed by atoms with Crippen LogP contribution in [0.2, 0.25) is 5.02 Å². The molecule has 0 heterocycles. The topological polar surface area (TPSA) is 165 Å². The summed E-state index contributed by atoms with van der Waals surface area (Å²) >= 11 is 6.01. The number of nitrogens with one attached hydrogen (secondary N) is 2. The zero-order valence-electron chi connectivity index (χ0n) is 15.8. The maximum atomic E-state index is 12.5. The van der Waals surface area contributed by atoms with E-state index in [1.807, 2.05) is 0 Å². The van der Waals surface area contributed by atoms with Gasteiger partial charge in [0.25, 0.3) is 5.91 Å². The number of hydrogen-bond acceptors (Lipinski definition) is 7. The number of halogens is 1. The molecule has 11 nitrogen and oxygen atoms in total. The quantitative estimate of drug-likeness (QED) is 0.415. The monoisotopic (exact) mass is 436 g/mol. The zero-order valence-corrected chi connectivity index (χ0v) is 16.5. The van der Waals surface area contributed by atoms with Crippen molar-refractivity contribution in [1.82, 2.24) is 5.32 Å². The molecule has 0 saturated heterocycles. The van der Waals surface area contributed by atoms with Gasteiger partial charge in [0.2, 0.25) is 0 Å². The van der Waals surface area contributed by atoms with Crippen LogP contribution in [0.15, 0.2) is 36.4 Å². The van der Waals surface area contributed by atoms with Crippen molar-refractivity contribution in [3.05, 3.63) is 67.2 Å². The first-order chi connectivity index (χ1) is 14.0. The van der Waals surface area contributed by atoms with Crippen LogP contribution in [0.4, 0.5) is 22.7 Å². The summed E-state index contributed by atoms with van der Waals surface area (Å²) in [5, 5.41) is 37.3. The molecule has 0 aromatic heterocycles. The number of nitrogens with zero attached hydrogens (tertiary/aromatic N) is 2. The second-order valence-electron chi connectivity index (χ2n) is 6.54. The van der Waals surface area contributed by atoms with E-state index in [1.54, 1.807) is 26.0 Å². The molecule has 0 radical (unpaired) electrons. The highest BCUT2D eigenvalue weighted by Crippen LogP contribution is 2.39. The van der Waals surface area contributed by atoms with Crippen LogP contribution in [0.5, 0.6) is 0 Å². The van der Waals surface area contributed by atoms with Gasteiger partial charge in [-0.1, -0.05) is 37.6 Å². The van der Waals surface area contributed by atoms with Crippen LogP contribution in [0.1, 0.15) is 24.2 Å². The Bertz CT molecular complexity index is 990. The maximum Gasteiger partial charge on any atom is 0.326 e. The molecule has 0 aliphatic heterocycles. The lowest BCUT2D eigenvalue weighted by Gasteiger charge is -2.18. The third-order valence-corrected chi connectivity index (χ3v) is 4.43. The molecule has 2 aromatic carbocycles. The molecule has 2 rings (SSSR count). The fourth-order valence-electron chi connectivity index (χ4n) is 2.59. The third kappa shape index (κ3) is 5.00. The summed E-state index contributed by atoms with van der Waals surface area (Å²) in [6, 6.07) is 6.53. The fourth-order valence-corrected chi connectivity index (χ4v) is 2.78. The van der Waals surface area contributed by atoms with Gasteiger partial charge in [-0.05, 0) is 18.1 Å². The molecule has 1 atom stereocenters. The Balaban J connectivity index is 2.57. The van der Waals surface area contributed by atoms with Crippen LogP contribution in [-0.2, 0) is 4.79 Å². The minimum Gasteiger partial charge on any atom is -0.480 e. The Hall–Kier alpha value is -3.73. The number of rotatable bonds is 8. The van der Waals surface area contributed by atoms with Crippen LogP contribution in [0.25, 0.3) is 0 Å². The van der Waals surface area contributed by atoms with Crippen molar-refractivity contribution >= 4 is 46.2 Å². The normalized spacial score (nSPS) is 11.6. The lowest BCUT2D eigenvalue weighted by atomic mass is 10.0. The van der Waals surface area contributed by atoms with E-state index in [2.05, 4.69) is 10.6 Å². The summed E-state index contributed by atoms with van der Waals surface area (Å²) in [7, 11) is 0. The van der Waals surface area contributed by atoms with E-state index in [4.69, 9.17) is 11.6 Å². The number of aliphatic carboxylic acids is 1. The number of nitro groups is 2. The molecule has 2 aromatic rings. The predicted octanol–water partition coefficient (Wildman–Crippen LogP) is 3.74. The van der Waals surface area contributed by atoms with Gasteiger partial charge in [-0.2, -0.15) is 0 Å². The van der Waals surface area contributed by atoms with Gasteiger partial charge in [-0.15, -0.1) is 0 Å². The summed E-state index contributed by atoms with van der Waals surface area (Å²) in [5.41, 5.74) is -2.19. The third-order valence-electron chi connectivity index (χ3n) is 4.11. The number of carboxylic acids is 1. The number of amides is 1. The maximum absolute atomic E-state index is 12.5. The van der Waals surface area contributed by atoms with E-state index in [-0.39, 0.29) is 10.7 Å². The largest absolute Gasteiger partial charge is 0.480 e. The van der Waals surface area contributed by atoms with E-state index in [9.17, 15) is 34.9 Å². The van der Waals surface area contributed by atoms with Gasteiger partial charge in [0.05, 0.1) is 26.1 Å². The molecule has 1 unspecified atom stereocenters. The van der Waals surface area contributed by atoms with Gasteiger partial charge in [0, 0.05) is 12.1 Å². The number of nitro benzene ring substituents is 2. The Morgan fingerprint density at radius 2 is 1.60 bits per heavy atom. The molecular formula is C18H17ClN4O7. The molecule has 30 heavy (non-hydrogen) atoms. The Morgan fingerprint density at radius 1 is 1.07 bits per heavy atom. The van der Waals surface area contributed by atoms with Crippen molar-refractivity contribution in [2.75, 3.05) is 5.32 Å². The number of hydrogen-bond donors (Lipinski definition) is 3. The summed E-state index contributed by atoms with van der Waals surface area (Å²) in [5.74, 6) is -2.79. The first-order valence-corrected chi connectivity index (χ1v) is 8.92. The summed E-state index contributed by atoms with van der Waals surface area (Å²) in [4.78, 5) is 45.1. The van der Waals surface area contributed by atoms with Crippen molar-refractivity contribution < 1.29 is 24.5 Å². The molecule has 12 heteroatoms. The second kappa shape index (κ2) is 9.18. The fraction of sp³-hybridized carbons (Fsp3) is 0.222. The van der Waals surface area contributed by atoms with Gasteiger partial charge in [0.15, 0.2) is 5.69 Å². The standard InChI is InChI=1S/C18H17ClN4O7/c1-9(2)15(18(25)26)21-17(24)10-7-13(22(27)28)16(14(8-10)23(29)30)20-12-6-4-3-5-11(12)19/h3-9,15,20H,1-2H3,(H,21,24)(H,25,26).